The van der Waals surface area contributed by atoms with Crippen LogP contribution in [0.4, 0.5) is 4.79 Å². The van der Waals surface area contributed by atoms with E-state index in [0.717, 1.165) is 60.5 Å². The second kappa shape index (κ2) is 7.47. The van der Waals surface area contributed by atoms with Gasteiger partial charge in [-0.3, -0.25) is 0 Å². The highest BCUT2D eigenvalue weighted by molar-refractivity contribution is 5.83. The van der Waals surface area contributed by atoms with Gasteiger partial charge in [-0.25, -0.2) is 9.78 Å². The number of amides is 2. The first-order valence-electron chi connectivity index (χ1n) is 9.58. The van der Waals surface area contributed by atoms with Gasteiger partial charge in [0.2, 0.25) is 0 Å². The topological polar surface area (TPSA) is 63.3 Å². The highest BCUT2D eigenvalue weighted by Crippen LogP contribution is 2.25. The number of urea groups is 1. The van der Waals surface area contributed by atoms with Crippen molar-refractivity contribution in [2.24, 2.45) is 13.0 Å². The predicted octanol–water partition coefficient (Wildman–Crippen LogP) is 3.64. The van der Waals surface area contributed by atoms with E-state index in [1.807, 2.05) is 55.5 Å². The van der Waals surface area contributed by atoms with Crippen LogP contribution in [0.3, 0.4) is 0 Å². The van der Waals surface area contributed by atoms with Crippen molar-refractivity contribution in [1.29, 1.82) is 0 Å². The summed E-state index contributed by atoms with van der Waals surface area (Å²) >= 11 is 0. The summed E-state index contributed by atoms with van der Waals surface area (Å²) < 4.78 is 7.86. The van der Waals surface area contributed by atoms with Gasteiger partial charge in [0, 0.05) is 56.4 Å². The van der Waals surface area contributed by atoms with Crippen molar-refractivity contribution in [3.05, 3.63) is 53.8 Å². The molecule has 1 aliphatic rings. The minimum Gasteiger partial charge on any atom is -0.461 e. The summed E-state index contributed by atoms with van der Waals surface area (Å²) in [6.07, 6.45) is 6.86. The molecule has 1 N–H and O–H groups in total. The monoisotopic (exact) mass is 366 g/mol. The molecule has 3 heterocycles. The largest absolute Gasteiger partial charge is 0.461 e. The highest BCUT2D eigenvalue weighted by atomic mass is 16.3. The molecular formula is C21H26N4O2. The standard InChI is InChI=1S/C21H26N4O2/c1-15-18(17-5-3-4-6-19(17)27-15)14-23-21(26)25-10-7-16(8-11-25)13-20-22-9-12-24(20)2/h3-6,9,12,16H,7-8,10-11,13-14H2,1-2H3,(H,23,26). The number of piperidine rings is 1. The smallest absolute Gasteiger partial charge is 0.317 e. The molecule has 2 aromatic heterocycles. The first kappa shape index (κ1) is 17.6. The Morgan fingerprint density at radius 1 is 1.30 bits per heavy atom. The van der Waals surface area contributed by atoms with Gasteiger partial charge in [0.1, 0.15) is 17.2 Å². The number of rotatable bonds is 4. The summed E-state index contributed by atoms with van der Waals surface area (Å²) in [4.78, 5) is 18.9. The van der Waals surface area contributed by atoms with Crippen molar-refractivity contribution in [3.8, 4) is 0 Å². The molecule has 0 aliphatic carbocycles. The van der Waals surface area contributed by atoms with Gasteiger partial charge < -0.3 is 19.2 Å². The van der Waals surface area contributed by atoms with Crippen molar-refractivity contribution in [3.63, 3.8) is 0 Å². The summed E-state index contributed by atoms with van der Waals surface area (Å²) in [6, 6.07) is 7.96. The molecule has 6 nitrogen and oxygen atoms in total. The number of nitrogens with one attached hydrogen (secondary N) is 1. The number of nitrogens with zero attached hydrogens (tertiary/aromatic N) is 3. The minimum atomic E-state index is 0.00937. The Morgan fingerprint density at radius 3 is 2.81 bits per heavy atom. The molecule has 0 bridgehead atoms. The molecule has 3 aromatic rings. The van der Waals surface area contributed by atoms with Crippen molar-refractivity contribution < 1.29 is 9.21 Å². The van der Waals surface area contributed by atoms with Crippen LogP contribution in [0.5, 0.6) is 0 Å². The summed E-state index contributed by atoms with van der Waals surface area (Å²) in [5.41, 5.74) is 1.93. The van der Waals surface area contributed by atoms with Gasteiger partial charge in [0.15, 0.2) is 0 Å². The molecule has 2 amide bonds. The second-order valence-corrected chi connectivity index (χ2v) is 7.38. The Labute approximate surface area is 159 Å². The third-order valence-corrected chi connectivity index (χ3v) is 5.61. The molecule has 0 unspecified atom stereocenters. The average molecular weight is 366 g/mol. The Hall–Kier alpha value is -2.76. The molecule has 0 atom stereocenters. The molecule has 1 fully saturated rings. The summed E-state index contributed by atoms with van der Waals surface area (Å²) in [6.45, 7) is 4.04. The SMILES string of the molecule is Cc1oc2ccccc2c1CNC(=O)N1CCC(Cc2nccn2C)CC1. The van der Waals surface area contributed by atoms with Crippen LogP contribution in [0, 0.1) is 12.8 Å². The van der Waals surface area contributed by atoms with E-state index in [1.165, 1.54) is 0 Å². The maximum absolute atomic E-state index is 12.6. The van der Waals surface area contributed by atoms with E-state index >= 15 is 0 Å². The third kappa shape index (κ3) is 3.70. The number of aryl methyl sites for hydroxylation is 2. The van der Waals surface area contributed by atoms with E-state index in [2.05, 4.69) is 14.9 Å². The number of aromatic nitrogens is 2. The van der Waals surface area contributed by atoms with E-state index in [0.29, 0.717) is 12.5 Å². The van der Waals surface area contributed by atoms with Crippen LogP contribution in [-0.2, 0) is 20.0 Å². The lowest BCUT2D eigenvalue weighted by molar-refractivity contribution is 0.169. The number of fused-ring (bicyclic) bond motifs is 1. The van der Waals surface area contributed by atoms with Gasteiger partial charge in [0.05, 0.1) is 0 Å². The van der Waals surface area contributed by atoms with Gasteiger partial charge >= 0.3 is 6.03 Å². The van der Waals surface area contributed by atoms with Crippen LogP contribution >= 0.6 is 0 Å². The van der Waals surface area contributed by atoms with Crippen LogP contribution in [0.2, 0.25) is 0 Å². The summed E-state index contributed by atoms with van der Waals surface area (Å²) in [5, 5.41) is 4.14. The zero-order chi connectivity index (χ0) is 18.8. The van der Waals surface area contributed by atoms with Crippen LogP contribution in [0.15, 0.2) is 41.1 Å². The number of imidazole rings is 1. The first-order valence-corrected chi connectivity index (χ1v) is 9.58. The normalized spacial score (nSPS) is 15.4. The molecular weight excluding hydrogens is 340 g/mol. The number of hydrogen-bond donors (Lipinski definition) is 1. The number of hydrogen-bond acceptors (Lipinski definition) is 3. The Bertz CT molecular complexity index is 935. The fraction of sp³-hybridized carbons (Fsp3) is 0.429. The molecule has 1 aromatic carbocycles. The predicted molar refractivity (Wildman–Crippen MR) is 104 cm³/mol. The Morgan fingerprint density at radius 2 is 2.07 bits per heavy atom. The maximum Gasteiger partial charge on any atom is 0.317 e. The van der Waals surface area contributed by atoms with Crippen molar-refractivity contribution in [2.45, 2.75) is 32.7 Å². The minimum absolute atomic E-state index is 0.00937. The lowest BCUT2D eigenvalue weighted by atomic mass is 9.93. The number of likely N-dealkylation sites (tertiary alicyclic amines) is 1. The molecule has 1 aliphatic heterocycles. The van der Waals surface area contributed by atoms with Crippen LogP contribution < -0.4 is 5.32 Å². The van der Waals surface area contributed by atoms with E-state index in [1.54, 1.807) is 0 Å². The number of para-hydroxylation sites is 1. The van der Waals surface area contributed by atoms with Crippen LogP contribution in [0.1, 0.15) is 30.0 Å². The van der Waals surface area contributed by atoms with Crippen LogP contribution in [0.25, 0.3) is 11.0 Å². The van der Waals surface area contributed by atoms with Gasteiger partial charge in [-0.05, 0) is 31.7 Å². The Balaban J connectivity index is 1.31. The molecule has 0 saturated carbocycles. The van der Waals surface area contributed by atoms with E-state index in [-0.39, 0.29) is 6.03 Å². The van der Waals surface area contributed by atoms with Gasteiger partial charge in [-0.1, -0.05) is 18.2 Å². The highest BCUT2D eigenvalue weighted by Gasteiger charge is 2.24. The Kier molecular flexibility index (Phi) is 4.88. The fourth-order valence-corrected chi connectivity index (χ4v) is 3.91. The zero-order valence-electron chi connectivity index (χ0n) is 15.9. The molecule has 6 heteroatoms. The van der Waals surface area contributed by atoms with Crippen molar-refractivity contribution >= 4 is 17.0 Å². The molecule has 0 radical (unpaired) electrons. The third-order valence-electron chi connectivity index (χ3n) is 5.61. The summed E-state index contributed by atoms with van der Waals surface area (Å²) in [7, 11) is 2.03. The lowest BCUT2D eigenvalue weighted by Gasteiger charge is -2.32. The summed E-state index contributed by atoms with van der Waals surface area (Å²) in [5.74, 6) is 2.58. The van der Waals surface area contributed by atoms with Gasteiger partial charge in [-0.2, -0.15) is 0 Å². The van der Waals surface area contributed by atoms with E-state index in [4.69, 9.17) is 4.42 Å². The quantitative estimate of drug-likeness (QED) is 0.767. The number of benzene rings is 1. The van der Waals surface area contributed by atoms with Gasteiger partial charge in [0.25, 0.3) is 0 Å². The zero-order valence-corrected chi connectivity index (χ0v) is 15.9. The van der Waals surface area contributed by atoms with Crippen molar-refractivity contribution in [1.82, 2.24) is 19.8 Å². The molecule has 27 heavy (non-hydrogen) atoms. The fourth-order valence-electron chi connectivity index (χ4n) is 3.91. The average Bonchev–Trinajstić information content (AvgIpc) is 3.22. The lowest BCUT2D eigenvalue weighted by Crippen LogP contribution is -2.44. The molecule has 4 rings (SSSR count). The van der Waals surface area contributed by atoms with Crippen molar-refractivity contribution in [2.75, 3.05) is 13.1 Å². The molecule has 1 saturated heterocycles. The number of carbonyl (C=O) groups is 1. The van der Waals surface area contributed by atoms with E-state index < -0.39 is 0 Å². The number of carbonyl (C=O) groups excluding carboxylic acids is 1. The van der Waals surface area contributed by atoms with Gasteiger partial charge in [-0.15, -0.1) is 0 Å². The van der Waals surface area contributed by atoms with E-state index in [9.17, 15) is 4.79 Å². The maximum atomic E-state index is 12.6. The second-order valence-electron chi connectivity index (χ2n) is 7.38. The van der Waals surface area contributed by atoms with Crippen LogP contribution in [-0.4, -0.2) is 33.6 Å². The molecule has 0 spiro atoms. The first-order chi connectivity index (χ1) is 13.1. The molecule has 142 valence electrons. The number of furan rings is 1.